The van der Waals surface area contributed by atoms with E-state index in [9.17, 15) is 13.2 Å². The van der Waals surface area contributed by atoms with Crippen LogP contribution in [-0.4, -0.2) is 20.9 Å². The van der Waals surface area contributed by atoms with Crippen LogP contribution in [0.4, 0.5) is 11.4 Å². The van der Waals surface area contributed by atoms with E-state index in [4.69, 9.17) is 5.26 Å². The summed E-state index contributed by atoms with van der Waals surface area (Å²) in [6.07, 6.45) is 0.288. The third-order valence-corrected chi connectivity index (χ3v) is 6.79. The summed E-state index contributed by atoms with van der Waals surface area (Å²) in [5, 5.41) is 11.5. The summed E-state index contributed by atoms with van der Waals surface area (Å²) >= 11 is 0. The van der Waals surface area contributed by atoms with Crippen molar-refractivity contribution in [2.45, 2.75) is 18.2 Å². The molecule has 150 valence electrons. The molecule has 1 heterocycles. The molecule has 6 nitrogen and oxygen atoms in total. The van der Waals surface area contributed by atoms with Gasteiger partial charge in [-0.1, -0.05) is 42.0 Å². The van der Waals surface area contributed by atoms with Crippen LogP contribution in [0.3, 0.4) is 0 Å². The van der Waals surface area contributed by atoms with Gasteiger partial charge in [-0.15, -0.1) is 0 Å². The Labute approximate surface area is 175 Å². The molecule has 7 heteroatoms. The highest BCUT2D eigenvalue weighted by Crippen LogP contribution is 2.43. The van der Waals surface area contributed by atoms with Crippen molar-refractivity contribution in [2.75, 3.05) is 16.2 Å². The fraction of sp³-hybridized carbons (Fsp3) is 0.130. The molecule has 0 spiro atoms. The Bertz CT molecular complexity index is 1280. The number of nitrogens with zero attached hydrogens (tertiary/aromatic N) is 2. The summed E-state index contributed by atoms with van der Waals surface area (Å²) in [6, 6.07) is 21.3. The number of sulfonamides is 1. The molecule has 4 rings (SSSR count). The zero-order chi connectivity index (χ0) is 21.3. The average Bonchev–Trinajstić information content (AvgIpc) is 2.73. The van der Waals surface area contributed by atoms with Crippen molar-refractivity contribution < 1.29 is 13.2 Å². The summed E-state index contributed by atoms with van der Waals surface area (Å²) in [5.41, 5.74) is 4.30. The molecule has 3 aromatic carbocycles. The number of benzene rings is 3. The SMILES string of the molecule is Cc1ccc2c(c1)-c1ccccc1S(=O)(=O)N2CC(=O)Nc1ccc(CC#N)cc1. The summed E-state index contributed by atoms with van der Waals surface area (Å²) in [7, 11) is -3.87. The first-order chi connectivity index (χ1) is 14.4. The van der Waals surface area contributed by atoms with Crippen LogP contribution in [0.5, 0.6) is 0 Å². The van der Waals surface area contributed by atoms with Gasteiger partial charge in [0, 0.05) is 16.8 Å². The highest BCUT2D eigenvalue weighted by atomic mass is 32.2. The van der Waals surface area contributed by atoms with Gasteiger partial charge in [0.1, 0.15) is 6.54 Å². The normalized spacial score (nSPS) is 13.7. The van der Waals surface area contributed by atoms with Gasteiger partial charge in [0.2, 0.25) is 5.91 Å². The molecule has 0 bridgehead atoms. The molecule has 0 aromatic heterocycles. The molecule has 1 aliphatic heterocycles. The van der Waals surface area contributed by atoms with E-state index in [0.29, 0.717) is 16.9 Å². The third kappa shape index (κ3) is 3.53. The highest BCUT2D eigenvalue weighted by molar-refractivity contribution is 7.93. The number of amides is 1. The lowest BCUT2D eigenvalue weighted by molar-refractivity contribution is -0.114. The first-order valence-corrected chi connectivity index (χ1v) is 10.8. The van der Waals surface area contributed by atoms with E-state index < -0.39 is 15.9 Å². The Kier molecular flexibility index (Phi) is 5.02. The zero-order valence-electron chi connectivity index (χ0n) is 16.3. The standard InChI is InChI=1S/C23H19N3O3S/c1-16-6-11-21-20(14-16)19-4-2-3-5-22(19)30(28,29)26(21)15-23(27)25-18-9-7-17(8-10-18)12-13-24/h2-11,14H,12,15H2,1H3,(H,25,27). The topological polar surface area (TPSA) is 90.3 Å². The molecule has 0 atom stereocenters. The third-order valence-electron chi connectivity index (χ3n) is 4.97. The first kappa shape index (κ1) is 19.7. The van der Waals surface area contributed by atoms with E-state index in [1.54, 1.807) is 54.6 Å². The van der Waals surface area contributed by atoms with Crippen molar-refractivity contribution in [3.05, 3.63) is 77.9 Å². The van der Waals surface area contributed by atoms with Crippen LogP contribution in [0.1, 0.15) is 11.1 Å². The van der Waals surface area contributed by atoms with Crippen molar-refractivity contribution in [3.63, 3.8) is 0 Å². The maximum atomic E-state index is 13.3. The van der Waals surface area contributed by atoms with Gasteiger partial charge in [0.15, 0.2) is 0 Å². The van der Waals surface area contributed by atoms with Crippen molar-refractivity contribution in [1.29, 1.82) is 5.26 Å². The summed E-state index contributed by atoms with van der Waals surface area (Å²) < 4.78 is 27.7. The number of anilines is 2. The number of hydrogen-bond donors (Lipinski definition) is 1. The smallest absolute Gasteiger partial charge is 0.265 e. The van der Waals surface area contributed by atoms with Crippen molar-refractivity contribution >= 4 is 27.3 Å². The van der Waals surface area contributed by atoms with E-state index in [-0.39, 0.29) is 17.9 Å². The minimum atomic E-state index is -3.87. The Morgan fingerprint density at radius 2 is 1.77 bits per heavy atom. The number of nitriles is 1. The number of rotatable bonds is 4. The van der Waals surface area contributed by atoms with Gasteiger partial charge in [-0.2, -0.15) is 5.26 Å². The van der Waals surface area contributed by atoms with Crippen molar-refractivity contribution in [3.8, 4) is 17.2 Å². The second-order valence-corrected chi connectivity index (χ2v) is 8.94. The van der Waals surface area contributed by atoms with Crippen LogP contribution in [0.2, 0.25) is 0 Å². The number of carbonyl (C=O) groups is 1. The lowest BCUT2D eigenvalue weighted by Gasteiger charge is -2.31. The predicted octanol–water partition coefficient (Wildman–Crippen LogP) is 3.88. The maximum absolute atomic E-state index is 13.3. The molecule has 1 aliphatic rings. The molecule has 0 saturated heterocycles. The molecule has 3 aromatic rings. The van der Waals surface area contributed by atoms with Crippen LogP contribution in [0, 0.1) is 18.3 Å². The largest absolute Gasteiger partial charge is 0.325 e. The van der Waals surface area contributed by atoms with Gasteiger partial charge in [-0.25, -0.2) is 8.42 Å². The summed E-state index contributed by atoms with van der Waals surface area (Å²) in [5.74, 6) is -0.447. The Morgan fingerprint density at radius 3 is 2.50 bits per heavy atom. The van der Waals surface area contributed by atoms with E-state index >= 15 is 0 Å². The first-order valence-electron chi connectivity index (χ1n) is 9.39. The number of carbonyl (C=O) groups excluding carboxylic acids is 1. The lowest BCUT2D eigenvalue weighted by Crippen LogP contribution is -2.40. The second kappa shape index (κ2) is 7.65. The van der Waals surface area contributed by atoms with Crippen LogP contribution in [0.25, 0.3) is 11.1 Å². The quantitative estimate of drug-likeness (QED) is 0.698. The summed E-state index contributed by atoms with van der Waals surface area (Å²) in [6.45, 7) is 1.60. The predicted molar refractivity (Wildman–Crippen MR) is 116 cm³/mol. The van der Waals surface area contributed by atoms with Gasteiger partial charge in [0.05, 0.1) is 23.1 Å². The monoisotopic (exact) mass is 417 g/mol. The lowest BCUT2D eigenvalue weighted by atomic mass is 10.0. The minimum absolute atomic E-state index is 0.191. The van der Waals surface area contributed by atoms with E-state index in [1.165, 1.54) is 0 Å². The van der Waals surface area contributed by atoms with Crippen LogP contribution >= 0.6 is 0 Å². The second-order valence-electron chi connectivity index (χ2n) is 7.11. The number of aryl methyl sites for hydroxylation is 1. The molecule has 0 fully saturated rings. The van der Waals surface area contributed by atoms with Crippen LogP contribution < -0.4 is 9.62 Å². The Balaban J connectivity index is 1.65. The summed E-state index contributed by atoms with van der Waals surface area (Å²) in [4.78, 5) is 12.9. The fourth-order valence-electron chi connectivity index (χ4n) is 3.54. The molecule has 0 aliphatic carbocycles. The van der Waals surface area contributed by atoms with E-state index in [1.807, 2.05) is 19.1 Å². The Morgan fingerprint density at radius 1 is 1.03 bits per heavy atom. The minimum Gasteiger partial charge on any atom is -0.325 e. The van der Waals surface area contributed by atoms with Gasteiger partial charge in [-0.05, 0) is 42.8 Å². The number of hydrogen-bond acceptors (Lipinski definition) is 4. The van der Waals surface area contributed by atoms with E-state index in [0.717, 1.165) is 21.0 Å². The van der Waals surface area contributed by atoms with Crippen molar-refractivity contribution in [2.24, 2.45) is 0 Å². The number of nitrogens with one attached hydrogen (secondary N) is 1. The van der Waals surface area contributed by atoms with Crippen molar-refractivity contribution in [1.82, 2.24) is 0 Å². The van der Waals surface area contributed by atoms with Gasteiger partial charge < -0.3 is 5.32 Å². The Hall–Kier alpha value is -3.63. The molecule has 30 heavy (non-hydrogen) atoms. The molecule has 1 N–H and O–H groups in total. The highest BCUT2D eigenvalue weighted by Gasteiger charge is 2.35. The zero-order valence-corrected chi connectivity index (χ0v) is 17.1. The maximum Gasteiger partial charge on any atom is 0.265 e. The molecule has 1 amide bonds. The van der Waals surface area contributed by atoms with E-state index in [2.05, 4.69) is 11.4 Å². The number of fused-ring (bicyclic) bond motifs is 3. The molecular weight excluding hydrogens is 398 g/mol. The molecule has 0 radical (unpaired) electrons. The molecule has 0 unspecified atom stereocenters. The van der Waals surface area contributed by atoms with Gasteiger partial charge in [0.25, 0.3) is 10.0 Å². The average molecular weight is 417 g/mol. The molecular formula is C23H19N3O3S. The van der Waals surface area contributed by atoms with Gasteiger partial charge in [-0.3, -0.25) is 9.10 Å². The fourth-order valence-corrected chi connectivity index (χ4v) is 5.19. The van der Waals surface area contributed by atoms with Crippen LogP contribution in [-0.2, 0) is 21.2 Å². The van der Waals surface area contributed by atoms with Gasteiger partial charge >= 0.3 is 0 Å². The molecule has 0 saturated carbocycles. The van der Waals surface area contributed by atoms with Crippen LogP contribution in [0.15, 0.2) is 71.6 Å².